The van der Waals surface area contributed by atoms with Gasteiger partial charge >= 0.3 is 11.9 Å². The molecule has 0 spiro atoms. The molecule has 0 bridgehead atoms. The number of amides is 1. The molecule has 0 saturated heterocycles. The van der Waals surface area contributed by atoms with Crippen LogP contribution in [0.4, 0.5) is 5.69 Å². The highest BCUT2D eigenvalue weighted by molar-refractivity contribution is 5.94. The van der Waals surface area contributed by atoms with E-state index in [1.807, 2.05) is 0 Å². The number of methoxy groups -OCH3 is 1. The van der Waals surface area contributed by atoms with Crippen LogP contribution in [0.2, 0.25) is 0 Å². The van der Waals surface area contributed by atoms with Gasteiger partial charge in [0, 0.05) is 12.1 Å². The number of hydrogen-bond acceptors (Lipinski definition) is 5. The molecule has 0 aliphatic heterocycles. The van der Waals surface area contributed by atoms with Crippen molar-refractivity contribution < 1.29 is 23.9 Å². The molecule has 1 aliphatic carbocycles. The van der Waals surface area contributed by atoms with Crippen LogP contribution in [-0.4, -0.2) is 31.6 Å². The van der Waals surface area contributed by atoms with Crippen LogP contribution in [0.15, 0.2) is 24.3 Å². The topological polar surface area (TPSA) is 81.7 Å². The van der Waals surface area contributed by atoms with Gasteiger partial charge in [0.1, 0.15) is 0 Å². The zero-order valence-electron chi connectivity index (χ0n) is 14.6. The fourth-order valence-corrected chi connectivity index (χ4v) is 3.02. The summed E-state index contributed by atoms with van der Waals surface area (Å²) in [5.74, 6) is -0.563. The molecule has 1 fully saturated rings. The average Bonchev–Trinajstić information content (AvgIpc) is 2.65. The van der Waals surface area contributed by atoms with E-state index in [4.69, 9.17) is 4.74 Å². The van der Waals surface area contributed by atoms with Gasteiger partial charge in [0.2, 0.25) is 0 Å². The monoisotopic (exact) mass is 347 g/mol. The minimum atomic E-state index is -0.440. The van der Waals surface area contributed by atoms with Gasteiger partial charge in [0.15, 0.2) is 6.61 Å². The second-order valence-electron chi connectivity index (χ2n) is 6.32. The summed E-state index contributed by atoms with van der Waals surface area (Å²) in [6.07, 6.45) is 7.38. The number of anilines is 1. The van der Waals surface area contributed by atoms with E-state index in [-0.39, 0.29) is 12.6 Å². The van der Waals surface area contributed by atoms with Gasteiger partial charge in [-0.15, -0.1) is 0 Å². The molecule has 1 N–H and O–H groups in total. The number of carbonyl (C=O) groups is 3. The average molecular weight is 347 g/mol. The Morgan fingerprint density at radius 1 is 1.08 bits per heavy atom. The van der Waals surface area contributed by atoms with Crippen LogP contribution in [0.25, 0.3) is 0 Å². The molecule has 0 atom stereocenters. The van der Waals surface area contributed by atoms with Gasteiger partial charge in [0.25, 0.3) is 5.91 Å². The first kappa shape index (κ1) is 19.0. The second-order valence-corrected chi connectivity index (χ2v) is 6.32. The van der Waals surface area contributed by atoms with Crippen molar-refractivity contribution in [3.05, 3.63) is 29.8 Å². The van der Waals surface area contributed by atoms with Crippen molar-refractivity contribution in [1.82, 2.24) is 0 Å². The van der Waals surface area contributed by atoms with Crippen LogP contribution in [0.3, 0.4) is 0 Å². The zero-order chi connectivity index (χ0) is 18.1. The Hall–Kier alpha value is -2.37. The minimum Gasteiger partial charge on any atom is -0.465 e. The second kappa shape index (κ2) is 9.81. The molecular formula is C19H25NO5. The molecule has 0 radical (unpaired) electrons. The highest BCUT2D eigenvalue weighted by Crippen LogP contribution is 2.27. The predicted molar refractivity (Wildman–Crippen MR) is 93.2 cm³/mol. The quantitative estimate of drug-likeness (QED) is 0.765. The Balaban J connectivity index is 1.67. The smallest absolute Gasteiger partial charge is 0.337 e. The Labute approximate surface area is 147 Å². The van der Waals surface area contributed by atoms with Crippen molar-refractivity contribution in [3.8, 4) is 0 Å². The predicted octanol–water partition coefficient (Wildman–Crippen LogP) is 3.32. The number of ether oxygens (including phenoxy) is 2. The van der Waals surface area contributed by atoms with Gasteiger partial charge in [-0.25, -0.2) is 4.79 Å². The molecule has 1 aliphatic rings. The van der Waals surface area contributed by atoms with Gasteiger partial charge in [-0.3, -0.25) is 9.59 Å². The number of esters is 2. The molecule has 2 rings (SSSR count). The molecule has 1 saturated carbocycles. The Bertz CT molecular complexity index is 590. The van der Waals surface area contributed by atoms with Crippen molar-refractivity contribution in [2.24, 2.45) is 5.92 Å². The standard InChI is InChI=1S/C19H25NO5/c1-24-19(23)15-8-10-16(11-9-15)20-17(21)13-25-18(22)12-7-14-5-3-2-4-6-14/h8-11,14H,2-7,12-13H2,1H3,(H,20,21). The first-order valence-electron chi connectivity index (χ1n) is 8.72. The van der Waals surface area contributed by atoms with Gasteiger partial charge < -0.3 is 14.8 Å². The number of nitrogens with one attached hydrogen (secondary N) is 1. The van der Waals surface area contributed by atoms with E-state index in [1.165, 1.54) is 39.2 Å². The van der Waals surface area contributed by atoms with Gasteiger partial charge in [0.05, 0.1) is 12.7 Å². The minimum absolute atomic E-state index is 0.303. The van der Waals surface area contributed by atoms with Gasteiger partial charge in [-0.2, -0.15) is 0 Å². The first-order chi connectivity index (χ1) is 12.1. The van der Waals surface area contributed by atoms with E-state index in [0.29, 0.717) is 23.6 Å². The maximum atomic E-state index is 11.8. The highest BCUT2D eigenvalue weighted by atomic mass is 16.5. The summed E-state index contributed by atoms with van der Waals surface area (Å²) >= 11 is 0. The third-order valence-electron chi connectivity index (χ3n) is 4.44. The van der Waals surface area contributed by atoms with Crippen molar-refractivity contribution in [3.63, 3.8) is 0 Å². The third-order valence-corrected chi connectivity index (χ3v) is 4.44. The highest BCUT2D eigenvalue weighted by Gasteiger charge is 2.16. The summed E-state index contributed by atoms with van der Waals surface area (Å²) in [6, 6.07) is 6.29. The van der Waals surface area contributed by atoms with E-state index in [2.05, 4.69) is 10.1 Å². The fourth-order valence-electron chi connectivity index (χ4n) is 3.02. The van der Waals surface area contributed by atoms with E-state index < -0.39 is 11.9 Å². The lowest BCUT2D eigenvalue weighted by atomic mass is 9.86. The Kier molecular flexibility index (Phi) is 7.44. The van der Waals surface area contributed by atoms with E-state index in [1.54, 1.807) is 24.3 Å². The summed E-state index contributed by atoms with van der Waals surface area (Å²) < 4.78 is 9.63. The fraction of sp³-hybridized carbons (Fsp3) is 0.526. The summed E-state index contributed by atoms with van der Waals surface area (Å²) in [7, 11) is 1.31. The largest absolute Gasteiger partial charge is 0.465 e. The van der Waals surface area contributed by atoms with E-state index in [9.17, 15) is 14.4 Å². The maximum absolute atomic E-state index is 11.8. The molecule has 1 amide bonds. The van der Waals surface area contributed by atoms with Crippen LogP contribution in [0, 0.1) is 5.92 Å². The first-order valence-corrected chi connectivity index (χ1v) is 8.72. The normalized spacial score (nSPS) is 14.6. The number of carbonyl (C=O) groups excluding carboxylic acids is 3. The van der Waals surface area contributed by atoms with Crippen molar-refractivity contribution in [2.45, 2.75) is 44.9 Å². The van der Waals surface area contributed by atoms with E-state index in [0.717, 1.165) is 6.42 Å². The van der Waals surface area contributed by atoms with Crippen LogP contribution in [0.5, 0.6) is 0 Å². The molecule has 1 aromatic rings. The SMILES string of the molecule is COC(=O)c1ccc(NC(=O)COC(=O)CCC2CCCCC2)cc1. The molecular weight excluding hydrogens is 322 g/mol. The lowest BCUT2D eigenvalue weighted by molar-refractivity contribution is -0.147. The lowest BCUT2D eigenvalue weighted by Gasteiger charge is -2.20. The molecule has 0 heterocycles. The lowest BCUT2D eigenvalue weighted by Crippen LogP contribution is -2.21. The van der Waals surface area contributed by atoms with Crippen LogP contribution >= 0.6 is 0 Å². The third kappa shape index (κ3) is 6.57. The van der Waals surface area contributed by atoms with E-state index >= 15 is 0 Å². The Morgan fingerprint density at radius 2 is 1.76 bits per heavy atom. The number of benzene rings is 1. The molecule has 25 heavy (non-hydrogen) atoms. The zero-order valence-corrected chi connectivity index (χ0v) is 14.6. The summed E-state index contributed by atoms with van der Waals surface area (Å²) in [5.41, 5.74) is 0.922. The summed E-state index contributed by atoms with van der Waals surface area (Å²) in [4.78, 5) is 34.9. The molecule has 0 unspecified atom stereocenters. The van der Waals surface area contributed by atoms with Crippen molar-refractivity contribution in [1.29, 1.82) is 0 Å². The maximum Gasteiger partial charge on any atom is 0.337 e. The molecule has 136 valence electrons. The number of rotatable bonds is 7. The van der Waals surface area contributed by atoms with Crippen LogP contribution in [0.1, 0.15) is 55.3 Å². The van der Waals surface area contributed by atoms with Gasteiger partial charge in [-0.1, -0.05) is 32.1 Å². The Morgan fingerprint density at radius 3 is 2.40 bits per heavy atom. The molecule has 6 nitrogen and oxygen atoms in total. The van der Waals surface area contributed by atoms with Crippen LogP contribution < -0.4 is 5.32 Å². The molecule has 1 aromatic carbocycles. The van der Waals surface area contributed by atoms with Gasteiger partial charge in [-0.05, 0) is 36.6 Å². The summed E-state index contributed by atoms with van der Waals surface area (Å²) in [5, 5.41) is 2.62. The van der Waals surface area contributed by atoms with Crippen molar-refractivity contribution in [2.75, 3.05) is 19.0 Å². The van der Waals surface area contributed by atoms with Crippen LogP contribution in [-0.2, 0) is 19.1 Å². The molecule has 6 heteroatoms. The van der Waals surface area contributed by atoms with Crippen molar-refractivity contribution >= 4 is 23.5 Å². The molecule has 0 aromatic heterocycles. The summed E-state index contributed by atoms with van der Waals surface area (Å²) in [6.45, 7) is -0.303. The number of hydrogen-bond donors (Lipinski definition) is 1.